The van der Waals surface area contributed by atoms with Gasteiger partial charge >= 0.3 is 0 Å². The van der Waals surface area contributed by atoms with E-state index in [-0.39, 0.29) is 12.8 Å². The zero-order valence-electron chi connectivity index (χ0n) is 13.7. The van der Waals surface area contributed by atoms with Gasteiger partial charge in [-0.15, -0.1) is 0 Å². The van der Waals surface area contributed by atoms with Gasteiger partial charge in [-0.2, -0.15) is 0 Å². The fraction of sp³-hybridized carbons (Fsp3) is 0.789. The molecule has 1 rings (SSSR count). The number of hydrogen-bond acceptors (Lipinski definition) is 1. The third kappa shape index (κ3) is 12.1. The third-order valence-electron chi connectivity index (χ3n) is 2.51. The van der Waals surface area contributed by atoms with Gasteiger partial charge in [-0.25, -0.2) is 0 Å². The summed E-state index contributed by atoms with van der Waals surface area (Å²) in [5, 5.41) is 9.49. The average Bonchev–Trinajstić information content (AvgIpc) is 2.21. The van der Waals surface area contributed by atoms with Gasteiger partial charge < -0.3 is 5.11 Å². The lowest BCUT2D eigenvalue weighted by Crippen LogP contribution is -2.34. The van der Waals surface area contributed by atoms with Crippen LogP contribution < -0.4 is 0 Å². The maximum Gasteiger partial charge on any atom is 0.125 e. The Bertz CT molecular complexity index is 370. The second-order valence-corrected chi connectivity index (χ2v) is 6.98. The summed E-state index contributed by atoms with van der Waals surface area (Å²) in [6.07, 6.45) is 2.86. The Morgan fingerprint density at radius 3 is 1.60 bits per heavy atom. The summed E-state index contributed by atoms with van der Waals surface area (Å²) < 4.78 is 0. The van der Waals surface area contributed by atoms with Crippen LogP contribution in [0.3, 0.4) is 0 Å². The van der Waals surface area contributed by atoms with Crippen molar-refractivity contribution in [1.29, 1.82) is 0 Å². The Kier molecular flexibility index (Phi) is 9.72. The van der Waals surface area contributed by atoms with E-state index in [0.29, 0.717) is 11.8 Å². The molecule has 1 N–H and O–H groups in total. The van der Waals surface area contributed by atoms with Crippen LogP contribution in [-0.4, -0.2) is 10.7 Å². The first-order chi connectivity index (χ1) is 8.54. The monoisotopic (exact) mass is 278 g/mol. The van der Waals surface area contributed by atoms with Crippen LogP contribution in [0.5, 0.6) is 0 Å². The van der Waals surface area contributed by atoms with Gasteiger partial charge in [0.05, 0.1) is 0 Å². The molecular formula is C19H34O. The third-order valence-corrected chi connectivity index (χ3v) is 2.51. The van der Waals surface area contributed by atoms with Crippen molar-refractivity contribution in [2.45, 2.75) is 80.8 Å². The molecular weight excluding hydrogens is 244 g/mol. The molecule has 0 aromatic heterocycles. The summed E-state index contributed by atoms with van der Waals surface area (Å²) in [5.41, 5.74) is -0.436. The Labute approximate surface area is 127 Å². The zero-order valence-corrected chi connectivity index (χ0v) is 13.7. The van der Waals surface area contributed by atoms with Gasteiger partial charge in [-0.05, 0) is 40.0 Å². The maximum absolute atomic E-state index is 9.49. The largest absolute Gasteiger partial charge is 0.378 e. The van der Waals surface area contributed by atoms with Crippen molar-refractivity contribution >= 4 is 0 Å². The van der Waals surface area contributed by atoms with E-state index in [2.05, 4.69) is 58.3 Å². The van der Waals surface area contributed by atoms with Crippen molar-refractivity contribution in [2.75, 3.05) is 0 Å². The van der Waals surface area contributed by atoms with Gasteiger partial charge in [0.15, 0.2) is 0 Å². The summed E-state index contributed by atoms with van der Waals surface area (Å²) >= 11 is 0. The minimum atomic E-state index is -0.607. The SMILES string of the molecule is C.CC(C)C#CC(C)(C)C.CC(C)C#CC1(O)CCC1. The van der Waals surface area contributed by atoms with Gasteiger partial charge in [0.2, 0.25) is 0 Å². The molecule has 1 fully saturated rings. The summed E-state index contributed by atoms with van der Waals surface area (Å²) in [6, 6.07) is 0. The first-order valence-electron chi connectivity index (χ1n) is 7.32. The number of hydrogen-bond donors (Lipinski definition) is 1. The summed E-state index contributed by atoms with van der Waals surface area (Å²) in [6.45, 7) is 14.7. The Hall–Kier alpha value is -0.920. The summed E-state index contributed by atoms with van der Waals surface area (Å²) in [7, 11) is 0. The normalized spacial score (nSPS) is 15.5. The van der Waals surface area contributed by atoms with E-state index >= 15 is 0 Å². The zero-order chi connectivity index (χ0) is 15.1. The van der Waals surface area contributed by atoms with Crippen LogP contribution in [0.4, 0.5) is 0 Å². The van der Waals surface area contributed by atoms with E-state index in [9.17, 15) is 5.11 Å². The molecule has 1 nitrogen and oxygen atoms in total. The lowest BCUT2D eigenvalue weighted by molar-refractivity contribution is 0.0238. The van der Waals surface area contributed by atoms with E-state index in [1.165, 1.54) is 0 Å². The van der Waals surface area contributed by atoms with Gasteiger partial charge in [-0.1, -0.05) is 58.8 Å². The second kappa shape index (κ2) is 9.10. The van der Waals surface area contributed by atoms with Crippen molar-refractivity contribution in [3.63, 3.8) is 0 Å². The van der Waals surface area contributed by atoms with Crippen molar-refractivity contribution in [2.24, 2.45) is 17.3 Å². The van der Waals surface area contributed by atoms with Crippen molar-refractivity contribution < 1.29 is 5.11 Å². The van der Waals surface area contributed by atoms with E-state index in [0.717, 1.165) is 19.3 Å². The quantitative estimate of drug-likeness (QED) is 0.626. The molecule has 0 aromatic rings. The topological polar surface area (TPSA) is 20.2 Å². The van der Waals surface area contributed by atoms with Crippen molar-refractivity contribution in [1.82, 2.24) is 0 Å². The first kappa shape index (κ1) is 21.4. The van der Waals surface area contributed by atoms with Gasteiger partial charge in [-0.3, -0.25) is 0 Å². The first-order valence-corrected chi connectivity index (χ1v) is 7.32. The van der Waals surface area contributed by atoms with Crippen LogP contribution in [0.15, 0.2) is 0 Å². The molecule has 1 aliphatic carbocycles. The molecule has 0 atom stereocenters. The van der Waals surface area contributed by atoms with Crippen LogP contribution in [0.1, 0.15) is 75.2 Å². The predicted molar refractivity (Wildman–Crippen MR) is 90.2 cm³/mol. The van der Waals surface area contributed by atoms with E-state index in [1.807, 2.05) is 13.8 Å². The Morgan fingerprint density at radius 1 is 0.950 bits per heavy atom. The van der Waals surface area contributed by atoms with Crippen LogP contribution in [0.25, 0.3) is 0 Å². The number of rotatable bonds is 0. The molecule has 0 saturated heterocycles. The molecule has 0 aliphatic heterocycles. The molecule has 116 valence electrons. The molecule has 0 aromatic carbocycles. The second-order valence-electron chi connectivity index (χ2n) is 6.98. The smallest absolute Gasteiger partial charge is 0.125 e. The molecule has 0 unspecified atom stereocenters. The highest BCUT2D eigenvalue weighted by Crippen LogP contribution is 2.30. The standard InChI is InChI=1S/C9H14O.C9H16.CH4/c1-8(2)4-7-9(10)5-3-6-9;1-8(2)6-7-9(3,4)5;/h8,10H,3,5-6H2,1-2H3;8H,1-5H3;1H4. The Morgan fingerprint density at radius 2 is 1.40 bits per heavy atom. The van der Waals surface area contributed by atoms with E-state index < -0.39 is 5.60 Å². The van der Waals surface area contributed by atoms with Crippen molar-refractivity contribution in [3.8, 4) is 23.7 Å². The lowest BCUT2D eigenvalue weighted by atomic mass is 9.81. The van der Waals surface area contributed by atoms with Crippen LogP contribution in [0.2, 0.25) is 0 Å². The molecule has 1 saturated carbocycles. The average molecular weight is 278 g/mol. The molecule has 0 heterocycles. The number of aliphatic hydroxyl groups is 1. The summed E-state index contributed by atoms with van der Waals surface area (Å²) in [4.78, 5) is 0. The predicted octanol–water partition coefficient (Wildman–Crippen LogP) is 4.89. The molecule has 1 heteroatoms. The van der Waals surface area contributed by atoms with Crippen molar-refractivity contribution in [3.05, 3.63) is 0 Å². The van der Waals surface area contributed by atoms with E-state index in [1.54, 1.807) is 0 Å². The minimum absolute atomic E-state index is 0. The lowest BCUT2D eigenvalue weighted by Gasteiger charge is -2.31. The molecule has 0 bridgehead atoms. The van der Waals surface area contributed by atoms with Crippen LogP contribution >= 0.6 is 0 Å². The summed E-state index contributed by atoms with van der Waals surface area (Å²) in [5.74, 6) is 13.1. The molecule has 1 aliphatic rings. The highest BCUT2D eigenvalue weighted by atomic mass is 16.3. The fourth-order valence-corrected chi connectivity index (χ4v) is 1.28. The van der Waals surface area contributed by atoms with Gasteiger partial charge in [0.25, 0.3) is 0 Å². The van der Waals surface area contributed by atoms with Gasteiger partial charge in [0.1, 0.15) is 5.60 Å². The molecule has 20 heavy (non-hydrogen) atoms. The van der Waals surface area contributed by atoms with E-state index in [4.69, 9.17) is 0 Å². The highest BCUT2D eigenvalue weighted by molar-refractivity contribution is 5.18. The van der Waals surface area contributed by atoms with Gasteiger partial charge in [0, 0.05) is 17.3 Å². The Balaban J connectivity index is 0. The maximum atomic E-state index is 9.49. The molecule has 0 amide bonds. The van der Waals surface area contributed by atoms with Crippen LogP contribution in [-0.2, 0) is 0 Å². The fourth-order valence-electron chi connectivity index (χ4n) is 1.28. The minimum Gasteiger partial charge on any atom is -0.378 e. The van der Waals surface area contributed by atoms with Crippen LogP contribution in [0, 0.1) is 40.9 Å². The highest BCUT2D eigenvalue weighted by Gasteiger charge is 2.31. The molecule has 0 spiro atoms. The molecule has 0 radical (unpaired) electrons.